The molecular weight excluding hydrogens is 228 g/mol. The van der Waals surface area contributed by atoms with Gasteiger partial charge in [-0.1, -0.05) is 54.6 Å². The summed E-state index contributed by atoms with van der Waals surface area (Å²) >= 11 is 0. The van der Waals surface area contributed by atoms with Crippen LogP contribution < -0.4 is 0 Å². The van der Waals surface area contributed by atoms with Gasteiger partial charge >= 0.3 is 0 Å². The van der Waals surface area contributed by atoms with Gasteiger partial charge in [0.2, 0.25) is 0 Å². The van der Waals surface area contributed by atoms with Gasteiger partial charge in [0.05, 0.1) is 0 Å². The molecule has 4 bridgehead atoms. The monoisotopic (exact) mass is 248 g/mol. The van der Waals surface area contributed by atoms with E-state index in [0.29, 0.717) is 0 Å². The summed E-state index contributed by atoms with van der Waals surface area (Å²) in [5.74, 6) is 0. The molecule has 0 heterocycles. The van der Waals surface area contributed by atoms with Crippen molar-refractivity contribution in [2.75, 3.05) is 0 Å². The first-order valence-corrected chi connectivity index (χ1v) is 7.17. The Morgan fingerprint density at radius 1 is 0.737 bits per heavy atom. The van der Waals surface area contributed by atoms with Crippen molar-refractivity contribution in [1.82, 2.24) is 0 Å². The lowest BCUT2D eigenvalue weighted by molar-refractivity contribution is 0.919. The zero-order valence-corrected chi connectivity index (χ0v) is 11.5. The predicted octanol–water partition coefficient (Wildman–Crippen LogP) is 4.60. The quantitative estimate of drug-likeness (QED) is 0.691. The van der Waals surface area contributed by atoms with Crippen molar-refractivity contribution >= 4 is 6.08 Å². The number of rotatable bonds is 1. The highest BCUT2D eigenvalue weighted by Gasteiger charge is 2.05. The van der Waals surface area contributed by atoms with Crippen LogP contribution in [0.5, 0.6) is 0 Å². The highest BCUT2D eigenvalue weighted by Crippen LogP contribution is 2.20. The maximum atomic E-state index is 2.36. The van der Waals surface area contributed by atoms with E-state index < -0.39 is 0 Å². The Hall–Kier alpha value is -1.82. The molecule has 0 saturated carbocycles. The molecule has 4 aliphatic rings. The summed E-state index contributed by atoms with van der Waals surface area (Å²) in [6, 6.07) is 16.1. The van der Waals surface area contributed by atoms with Gasteiger partial charge in [-0.15, -0.1) is 0 Å². The minimum Gasteiger partial charge on any atom is -0.0871 e. The van der Waals surface area contributed by atoms with Gasteiger partial charge in [-0.2, -0.15) is 0 Å². The molecule has 0 N–H and O–H groups in total. The zero-order chi connectivity index (χ0) is 13.1. The second-order valence-corrected chi connectivity index (χ2v) is 5.35. The van der Waals surface area contributed by atoms with Crippen LogP contribution in [0.4, 0.5) is 0 Å². The first-order valence-electron chi connectivity index (χ1n) is 7.17. The van der Waals surface area contributed by atoms with E-state index in [2.05, 4.69) is 61.5 Å². The van der Waals surface area contributed by atoms with Crippen LogP contribution >= 0.6 is 0 Å². The molecule has 0 spiro atoms. The van der Waals surface area contributed by atoms with Gasteiger partial charge in [0.15, 0.2) is 0 Å². The van der Waals surface area contributed by atoms with Crippen molar-refractivity contribution in [3.63, 3.8) is 0 Å². The molecule has 0 nitrogen and oxygen atoms in total. The SMILES string of the molecule is C/C=C\c1cc2ccc1CCc1ccc(cc1)CC2. The van der Waals surface area contributed by atoms with Gasteiger partial charge in [0, 0.05) is 0 Å². The fourth-order valence-electron chi connectivity index (χ4n) is 2.80. The molecule has 0 aliphatic heterocycles. The summed E-state index contributed by atoms with van der Waals surface area (Å²) in [6.07, 6.45) is 8.90. The van der Waals surface area contributed by atoms with Gasteiger partial charge in [-0.05, 0) is 60.4 Å². The summed E-state index contributed by atoms with van der Waals surface area (Å²) in [5, 5.41) is 0. The zero-order valence-electron chi connectivity index (χ0n) is 11.5. The Kier molecular flexibility index (Phi) is 3.50. The van der Waals surface area contributed by atoms with Crippen molar-refractivity contribution < 1.29 is 0 Å². The smallest absolute Gasteiger partial charge is 0.0225 e. The van der Waals surface area contributed by atoms with Gasteiger partial charge in [0.1, 0.15) is 0 Å². The number of aryl methyl sites for hydroxylation is 4. The molecule has 4 aliphatic carbocycles. The molecule has 0 radical (unpaired) electrons. The van der Waals surface area contributed by atoms with Gasteiger partial charge in [-0.25, -0.2) is 0 Å². The Bertz CT molecular complexity index is 588. The maximum Gasteiger partial charge on any atom is -0.0225 e. The fourth-order valence-corrected chi connectivity index (χ4v) is 2.80. The minimum atomic E-state index is 1.12. The van der Waals surface area contributed by atoms with E-state index in [-0.39, 0.29) is 0 Å². The first kappa shape index (κ1) is 12.2. The third-order valence-electron chi connectivity index (χ3n) is 3.96. The summed E-state index contributed by atoms with van der Waals surface area (Å²) in [4.78, 5) is 0. The third kappa shape index (κ3) is 2.78. The van der Waals surface area contributed by atoms with E-state index in [4.69, 9.17) is 0 Å². The molecule has 0 atom stereocenters. The Morgan fingerprint density at radius 2 is 1.32 bits per heavy atom. The number of allylic oxidation sites excluding steroid dienone is 1. The highest BCUT2D eigenvalue weighted by atomic mass is 14.1. The second-order valence-electron chi connectivity index (χ2n) is 5.35. The van der Waals surface area contributed by atoms with E-state index in [1.54, 1.807) is 0 Å². The molecular formula is C19H20. The molecule has 0 heteroatoms. The molecule has 0 amide bonds. The van der Waals surface area contributed by atoms with E-state index in [1.807, 2.05) is 0 Å². The molecule has 0 unspecified atom stereocenters. The average molecular weight is 248 g/mol. The normalized spacial score (nSPS) is 14.6. The van der Waals surface area contributed by atoms with Crippen molar-refractivity contribution in [3.05, 3.63) is 76.4 Å². The molecule has 0 saturated heterocycles. The topological polar surface area (TPSA) is 0 Å². The Labute approximate surface area is 115 Å². The van der Waals surface area contributed by atoms with E-state index >= 15 is 0 Å². The van der Waals surface area contributed by atoms with E-state index in [9.17, 15) is 0 Å². The highest BCUT2D eigenvalue weighted by molar-refractivity contribution is 5.55. The van der Waals surface area contributed by atoms with Crippen LogP contribution in [0.2, 0.25) is 0 Å². The summed E-state index contributed by atoms with van der Waals surface area (Å²) in [7, 11) is 0. The van der Waals surface area contributed by atoms with Gasteiger partial charge < -0.3 is 0 Å². The lowest BCUT2D eigenvalue weighted by Crippen LogP contribution is -2.00. The van der Waals surface area contributed by atoms with Gasteiger partial charge in [-0.3, -0.25) is 0 Å². The largest absolute Gasteiger partial charge is 0.0871 e. The average Bonchev–Trinajstić information content (AvgIpc) is 2.43. The van der Waals surface area contributed by atoms with Crippen LogP contribution in [0, 0.1) is 0 Å². The van der Waals surface area contributed by atoms with Crippen LogP contribution in [0.25, 0.3) is 6.08 Å². The van der Waals surface area contributed by atoms with E-state index in [0.717, 1.165) is 25.7 Å². The summed E-state index contributed by atoms with van der Waals surface area (Å²) in [5.41, 5.74) is 7.20. The Balaban J connectivity index is 2.01. The Morgan fingerprint density at radius 3 is 2.00 bits per heavy atom. The summed E-state index contributed by atoms with van der Waals surface area (Å²) < 4.78 is 0. The van der Waals surface area contributed by atoms with Crippen LogP contribution in [0.1, 0.15) is 34.7 Å². The van der Waals surface area contributed by atoms with Gasteiger partial charge in [0.25, 0.3) is 0 Å². The molecule has 2 aromatic carbocycles. The number of hydrogen-bond donors (Lipinski definition) is 0. The lowest BCUT2D eigenvalue weighted by atomic mass is 9.93. The van der Waals surface area contributed by atoms with Crippen molar-refractivity contribution in [2.24, 2.45) is 0 Å². The molecule has 6 rings (SSSR count). The van der Waals surface area contributed by atoms with Crippen LogP contribution in [-0.2, 0) is 25.7 Å². The van der Waals surface area contributed by atoms with Crippen molar-refractivity contribution in [1.29, 1.82) is 0 Å². The predicted molar refractivity (Wildman–Crippen MR) is 82.4 cm³/mol. The van der Waals surface area contributed by atoms with Crippen molar-refractivity contribution in [3.8, 4) is 0 Å². The first-order chi connectivity index (χ1) is 9.35. The van der Waals surface area contributed by atoms with E-state index in [1.165, 1.54) is 27.8 Å². The second kappa shape index (κ2) is 5.44. The maximum absolute atomic E-state index is 2.36. The number of hydrogen-bond acceptors (Lipinski definition) is 0. The molecule has 96 valence electrons. The molecule has 2 aromatic rings. The number of benzene rings is 2. The van der Waals surface area contributed by atoms with Crippen molar-refractivity contribution in [2.45, 2.75) is 32.6 Å². The summed E-state index contributed by atoms with van der Waals surface area (Å²) in [6.45, 7) is 2.09. The molecule has 19 heavy (non-hydrogen) atoms. The molecule has 0 aromatic heterocycles. The standard InChI is InChI=1S/C19H20/c1-2-3-19-14-17-9-8-15-4-6-16(7-5-15)10-12-18(19)13-11-17/h2-7,11,13-14H,8-10,12H2,1H3/b3-2-. The van der Waals surface area contributed by atoms with Crippen LogP contribution in [0.15, 0.2) is 48.5 Å². The lowest BCUT2D eigenvalue weighted by Gasteiger charge is -2.12. The minimum absolute atomic E-state index is 1.12. The van der Waals surface area contributed by atoms with Crippen LogP contribution in [0.3, 0.4) is 0 Å². The fraction of sp³-hybridized carbons (Fsp3) is 0.263. The molecule has 0 fully saturated rings. The van der Waals surface area contributed by atoms with Crippen LogP contribution in [-0.4, -0.2) is 0 Å². The third-order valence-corrected chi connectivity index (χ3v) is 3.96.